The number of hydrogen-bond acceptors (Lipinski definition) is 6. The van der Waals surface area contributed by atoms with E-state index in [0.29, 0.717) is 49.7 Å². The van der Waals surface area contributed by atoms with Crippen molar-refractivity contribution in [1.29, 1.82) is 0 Å². The third kappa shape index (κ3) is 3.19. The van der Waals surface area contributed by atoms with Gasteiger partial charge in [0.1, 0.15) is 11.4 Å². The summed E-state index contributed by atoms with van der Waals surface area (Å²) in [6.07, 6.45) is 0.486. The van der Waals surface area contributed by atoms with Crippen LogP contribution in [-0.4, -0.2) is 56.8 Å². The van der Waals surface area contributed by atoms with Crippen LogP contribution in [0.2, 0.25) is 0 Å². The van der Waals surface area contributed by atoms with E-state index in [1.54, 1.807) is 28.8 Å². The lowest BCUT2D eigenvalue weighted by Crippen LogP contribution is -2.49. The first-order chi connectivity index (χ1) is 12.4. The lowest BCUT2D eigenvalue weighted by molar-refractivity contribution is -0.384. The highest BCUT2D eigenvalue weighted by molar-refractivity contribution is 5.94. The van der Waals surface area contributed by atoms with Crippen LogP contribution in [0, 0.1) is 10.1 Å². The van der Waals surface area contributed by atoms with Crippen LogP contribution < -0.4 is 4.90 Å². The van der Waals surface area contributed by atoms with Crippen molar-refractivity contribution in [2.45, 2.75) is 13.3 Å². The van der Waals surface area contributed by atoms with E-state index in [9.17, 15) is 20.0 Å². The van der Waals surface area contributed by atoms with Gasteiger partial charge in [-0.2, -0.15) is 5.10 Å². The molecule has 9 heteroatoms. The third-order valence-electron chi connectivity index (χ3n) is 4.54. The first-order valence-corrected chi connectivity index (χ1v) is 8.46. The number of nitro groups is 1. The second-order valence-corrected chi connectivity index (χ2v) is 6.18. The van der Waals surface area contributed by atoms with Crippen LogP contribution in [0.4, 0.5) is 11.5 Å². The first kappa shape index (κ1) is 17.7. The van der Waals surface area contributed by atoms with Gasteiger partial charge in [0.05, 0.1) is 4.92 Å². The lowest BCUT2D eigenvalue weighted by atomic mass is 10.1. The van der Waals surface area contributed by atoms with Gasteiger partial charge in [-0.25, -0.2) is 4.68 Å². The molecule has 138 valence electrons. The summed E-state index contributed by atoms with van der Waals surface area (Å²) in [6, 6.07) is 6.24. The number of nitrogens with zero attached hydrogens (tertiary/aromatic N) is 5. The Labute approximate surface area is 150 Å². The SMILES string of the molecule is CCc1nn(C)c(N2CCN(C(=O)c3cccc(O)c3)CC2)c1[N+](=O)[O-]. The first-order valence-electron chi connectivity index (χ1n) is 8.46. The Morgan fingerprint density at radius 1 is 1.31 bits per heavy atom. The van der Waals surface area contributed by atoms with Crippen molar-refractivity contribution in [3.05, 3.63) is 45.6 Å². The smallest absolute Gasteiger partial charge is 0.334 e. The number of anilines is 1. The van der Waals surface area contributed by atoms with E-state index in [-0.39, 0.29) is 22.3 Å². The molecular formula is C17H21N5O4. The van der Waals surface area contributed by atoms with Crippen molar-refractivity contribution < 1.29 is 14.8 Å². The number of piperazine rings is 1. The average molecular weight is 359 g/mol. The molecule has 26 heavy (non-hydrogen) atoms. The molecule has 1 aromatic heterocycles. The quantitative estimate of drug-likeness (QED) is 0.656. The molecule has 0 saturated carbocycles. The second kappa shape index (κ2) is 7.03. The molecular weight excluding hydrogens is 338 g/mol. The average Bonchev–Trinajstić information content (AvgIpc) is 2.98. The van der Waals surface area contributed by atoms with E-state index < -0.39 is 0 Å². The molecule has 1 aliphatic rings. The molecule has 0 bridgehead atoms. The molecule has 1 aromatic carbocycles. The second-order valence-electron chi connectivity index (χ2n) is 6.18. The number of amides is 1. The predicted octanol–water partition coefficient (Wildman–Crippen LogP) is 1.56. The van der Waals surface area contributed by atoms with Gasteiger partial charge < -0.3 is 14.9 Å². The Balaban J connectivity index is 1.76. The van der Waals surface area contributed by atoms with Crippen LogP contribution in [0.25, 0.3) is 0 Å². The van der Waals surface area contributed by atoms with E-state index in [1.165, 1.54) is 12.1 Å². The Bertz CT molecular complexity index is 840. The molecule has 1 N–H and O–H groups in total. The van der Waals surface area contributed by atoms with Crippen LogP contribution in [0.3, 0.4) is 0 Å². The number of carbonyl (C=O) groups is 1. The normalized spacial score (nSPS) is 14.5. The number of benzene rings is 1. The summed E-state index contributed by atoms with van der Waals surface area (Å²) in [5.41, 5.74) is 0.937. The number of aromatic nitrogens is 2. The van der Waals surface area contributed by atoms with Crippen molar-refractivity contribution in [2.75, 3.05) is 31.1 Å². The summed E-state index contributed by atoms with van der Waals surface area (Å²) in [6.45, 7) is 3.68. The maximum Gasteiger partial charge on any atom is 0.334 e. The van der Waals surface area contributed by atoms with E-state index >= 15 is 0 Å². The summed E-state index contributed by atoms with van der Waals surface area (Å²) in [5, 5.41) is 25.3. The van der Waals surface area contributed by atoms with Gasteiger partial charge in [-0.15, -0.1) is 0 Å². The number of aryl methyl sites for hydroxylation is 2. The number of phenols is 1. The summed E-state index contributed by atoms with van der Waals surface area (Å²) < 4.78 is 1.55. The topological polar surface area (TPSA) is 105 Å². The molecule has 2 aromatic rings. The minimum atomic E-state index is -0.383. The molecule has 0 spiro atoms. The predicted molar refractivity (Wildman–Crippen MR) is 95.5 cm³/mol. The Hall–Kier alpha value is -3.10. The molecule has 0 radical (unpaired) electrons. The zero-order chi connectivity index (χ0) is 18.8. The highest BCUT2D eigenvalue weighted by Gasteiger charge is 2.32. The zero-order valence-corrected chi connectivity index (χ0v) is 14.8. The summed E-state index contributed by atoms with van der Waals surface area (Å²) >= 11 is 0. The fourth-order valence-electron chi connectivity index (χ4n) is 3.28. The standard InChI is InChI=1S/C17H21N5O4/c1-3-14-15(22(25)26)16(19(2)18-14)20-7-9-21(10-8-20)17(24)12-5-4-6-13(23)11-12/h4-6,11,23H,3,7-10H2,1-2H3. The van der Waals surface area contributed by atoms with Gasteiger partial charge in [0.25, 0.3) is 5.91 Å². The van der Waals surface area contributed by atoms with Crippen molar-refractivity contribution >= 4 is 17.4 Å². The molecule has 9 nitrogen and oxygen atoms in total. The minimum Gasteiger partial charge on any atom is -0.508 e. The fraction of sp³-hybridized carbons (Fsp3) is 0.412. The number of carbonyl (C=O) groups excluding carboxylic acids is 1. The van der Waals surface area contributed by atoms with Crippen LogP contribution in [0.15, 0.2) is 24.3 Å². The zero-order valence-electron chi connectivity index (χ0n) is 14.8. The van der Waals surface area contributed by atoms with Crippen molar-refractivity contribution in [2.24, 2.45) is 7.05 Å². The fourth-order valence-corrected chi connectivity index (χ4v) is 3.28. The number of phenolic OH excluding ortho intramolecular Hbond substituents is 1. The molecule has 3 rings (SSSR count). The van der Waals surface area contributed by atoms with Gasteiger partial charge in [0.15, 0.2) is 0 Å². The molecule has 1 saturated heterocycles. The number of rotatable bonds is 4. The molecule has 2 heterocycles. The molecule has 1 amide bonds. The van der Waals surface area contributed by atoms with Gasteiger partial charge in [-0.1, -0.05) is 13.0 Å². The number of aromatic hydroxyl groups is 1. The van der Waals surface area contributed by atoms with Crippen molar-refractivity contribution in [3.63, 3.8) is 0 Å². The van der Waals surface area contributed by atoms with Gasteiger partial charge in [0, 0.05) is 38.8 Å². The van der Waals surface area contributed by atoms with E-state index in [1.807, 2.05) is 11.8 Å². The lowest BCUT2D eigenvalue weighted by Gasteiger charge is -2.35. The Kier molecular flexibility index (Phi) is 4.79. The molecule has 0 unspecified atom stereocenters. The molecule has 1 aliphatic heterocycles. The van der Waals surface area contributed by atoms with E-state index in [0.717, 1.165) is 0 Å². The third-order valence-corrected chi connectivity index (χ3v) is 4.54. The van der Waals surface area contributed by atoms with Crippen LogP contribution in [0.5, 0.6) is 5.75 Å². The van der Waals surface area contributed by atoms with Crippen LogP contribution >= 0.6 is 0 Å². The van der Waals surface area contributed by atoms with Gasteiger partial charge in [0.2, 0.25) is 5.82 Å². The van der Waals surface area contributed by atoms with Crippen LogP contribution in [0.1, 0.15) is 23.0 Å². The van der Waals surface area contributed by atoms with E-state index in [4.69, 9.17) is 0 Å². The number of hydrogen-bond donors (Lipinski definition) is 1. The molecule has 0 atom stereocenters. The maximum atomic E-state index is 12.6. The van der Waals surface area contributed by atoms with Gasteiger partial charge in [-0.05, 0) is 24.6 Å². The summed E-state index contributed by atoms with van der Waals surface area (Å²) in [5.74, 6) is 0.373. The highest BCUT2D eigenvalue weighted by atomic mass is 16.6. The monoisotopic (exact) mass is 359 g/mol. The summed E-state index contributed by atoms with van der Waals surface area (Å²) in [4.78, 5) is 27.2. The molecule has 0 aliphatic carbocycles. The van der Waals surface area contributed by atoms with E-state index in [2.05, 4.69) is 5.10 Å². The van der Waals surface area contributed by atoms with Crippen molar-refractivity contribution in [1.82, 2.24) is 14.7 Å². The van der Waals surface area contributed by atoms with Crippen LogP contribution in [-0.2, 0) is 13.5 Å². The maximum absolute atomic E-state index is 12.6. The summed E-state index contributed by atoms with van der Waals surface area (Å²) in [7, 11) is 1.70. The Morgan fingerprint density at radius 3 is 2.58 bits per heavy atom. The van der Waals surface area contributed by atoms with Gasteiger partial charge in [-0.3, -0.25) is 14.9 Å². The van der Waals surface area contributed by atoms with Crippen molar-refractivity contribution in [3.8, 4) is 5.75 Å². The Morgan fingerprint density at radius 2 is 2.00 bits per heavy atom. The molecule has 1 fully saturated rings. The minimum absolute atomic E-state index is 0.0442. The highest BCUT2D eigenvalue weighted by Crippen LogP contribution is 2.32. The largest absolute Gasteiger partial charge is 0.508 e. The van der Waals surface area contributed by atoms with Gasteiger partial charge >= 0.3 is 5.69 Å².